The van der Waals surface area contributed by atoms with Gasteiger partial charge in [-0.25, -0.2) is 13.6 Å². The number of carbonyl (C=O) groups excluding carboxylic acids is 1. The van der Waals surface area contributed by atoms with E-state index in [2.05, 4.69) is 5.32 Å². The highest BCUT2D eigenvalue weighted by Crippen LogP contribution is 2.15. The van der Waals surface area contributed by atoms with Crippen LogP contribution in [0.5, 0.6) is 0 Å². The van der Waals surface area contributed by atoms with Crippen molar-refractivity contribution in [3.05, 3.63) is 41.0 Å². The smallest absolute Gasteiger partial charge is 0.407 e. The van der Waals surface area contributed by atoms with E-state index < -0.39 is 23.3 Å². The van der Waals surface area contributed by atoms with Gasteiger partial charge in [-0.3, -0.25) is 0 Å². The molecule has 0 heterocycles. The van der Waals surface area contributed by atoms with Crippen molar-refractivity contribution in [3.8, 4) is 0 Å². The van der Waals surface area contributed by atoms with Gasteiger partial charge in [-0.05, 0) is 45.7 Å². The molecule has 3 nitrogen and oxygen atoms in total. The molecule has 5 heteroatoms. The molecule has 0 aliphatic rings. The van der Waals surface area contributed by atoms with Crippen LogP contribution >= 0.6 is 0 Å². The van der Waals surface area contributed by atoms with Crippen LogP contribution in [-0.2, 0) is 4.74 Å². The maximum absolute atomic E-state index is 13.5. The lowest BCUT2D eigenvalue weighted by atomic mass is 10.1. The van der Waals surface area contributed by atoms with Gasteiger partial charge in [0, 0.05) is 18.2 Å². The van der Waals surface area contributed by atoms with Crippen LogP contribution in [0.4, 0.5) is 13.6 Å². The Labute approximate surface area is 124 Å². The monoisotopic (exact) mass is 297 g/mol. The molecule has 0 atom stereocenters. The molecule has 1 aromatic carbocycles. The molecule has 1 rings (SSSR count). The van der Waals surface area contributed by atoms with Gasteiger partial charge in [-0.2, -0.15) is 0 Å². The van der Waals surface area contributed by atoms with E-state index in [1.807, 2.05) is 0 Å². The number of carbonyl (C=O) groups is 1. The molecule has 0 spiro atoms. The van der Waals surface area contributed by atoms with Crippen molar-refractivity contribution in [2.75, 3.05) is 6.54 Å². The number of halogens is 2. The zero-order valence-corrected chi connectivity index (χ0v) is 12.8. The van der Waals surface area contributed by atoms with Crippen LogP contribution in [0.3, 0.4) is 0 Å². The second-order valence-electron chi connectivity index (χ2n) is 5.74. The highest BCUT2D eigenvalue weighted by atomic mass is 19.1. The molecule has 0 radical (unpaired) electrons. The summed E-state index contributed by atoms with van der Waals surface area (Å²) in [6, 6.07) is 2.32. The number of aryl methyl sites for hydroxylation is 1. The maximum atomic E-state index is 13.5. The molecule has 1 N–H and O–H groups in total. The van der Waals surface area contributed by atoms with Gasteiger partial charge >= 0.3 is 6.09 Å². The third-order valence-corrected chi connectivity index (χ3v) is 2.55. The van der Waals surface area contributed by atoms with E-state index in [0.29, 0.717) is 24.1 Å². The van der Waals surface area contributed by atoms with Crippen LogP contribution in [0.1, 0.15) is 38.3 Å². The van der Waals surface area contributed by atoms with Crippen molar-refractivity contribution in [1.82, 2.24) is 5.32 Å². The Morgan fingerprint density at radius 2 is 1.95 bits per heavy atom. The predicted octanol–water partition coefficient (Wildman–Crippen LogP) is 4.20. The van der Waals surface area contributed by atoms with Gasteiger partial charge in [0.15, 0.2) is 0 Å². The number of ether oxygens (including phenoxy) is 1. The van der Waals surface area contributed by atoms with E-state index in [4.69, 9.17) is 4.74 Å². The molecule has 0 aromatic heterocycles. The van der Waals surface area contributed by atoms with Crippen molar-refractivity contribution in [2.24, 2.45) is 0 Å². The van der Waals surface area contributed by atoms with Gasteiger partial charge in [0.1, 0.15) is 17.2 Å². The van der Waals surface area contributed by atoms with E-state index in [1.165, 1.54) is 6.07 Å². The van der Waals surface area contributed by atoms with Crippen LogP contribution in [-0.4, -0.2) is 18.2 Å². The lowest BCUT2D eigenvalue weighted by Gasteiger charge is -2.19. The zero-order chi connectivity index (χ0) is 16.0. The average Bonchev–Trinajstić information content (AvgIpc) is 2.32. The Bertz CT molecular complexity index is 534. The summed E-state index contributed by atoms with van der Waals surface area (Å²) in [5.41, 5.74) is 0.184. The molecule has 1 amide bonds. The first-order chi connectivity index (χ1) is 9.69. The molecule has 0 saturated heterocycles. The third-order valence-electron chi connectivity index (χ3n) is 2.55. The van der Waals surface area contributed by atoms with Crippen LogP contribution in [0.15, 0.2) is 18.2 Å². The summed E-state index contributed by atoms with van der Waals surface area (Å²) in [6.45, 7) is 7.31. The van der Waals surface area contributed by atoms with Crippen molar-refractivity contribution in [2.45, 2.75) is 39.7 Å². The SMILES string of the molecule is Cc1cc(C=CCCNC(=O)OC(C)(C)C)c(F)cc1F. The standard InChI is InChI=1S/C16H21F2NO2/c1-11-9-12(14(18)10-13(11)17)7-5-6-8-19-15(20)21-16(2,3)4/h5,7,9-10H,6,8H2,1-4H3,(H,19,20). The lowest BCUT2D eigenvalue weighted by molar-refractivity contribution is 0.0529. The average molecular weight is 297 g/mol. The van der Waals surface area contributed by atoms with Gasteiger partial charge in [0.05, 0.1) is 0 Å². The molecular weight excluding hydrogens is 276 g/mol. The molecule has 21 heavy (non-hydrogen) atoms. The zero-order valence-electron chi connectivity index (χ0n) is 12.8. The van der Waals surface area contributed by atoms with E-state index in [9.17, 15) is 13.6 Å². The Balaban J connectivity index is 2.43. The highest BCUT2D eigenvalue weighted by Gasteiger charge is 2.15. The Morgan fingerprint density at radius 1 is 1.29 bits per heavy atom. The topological polar surface area (TPSA) is 38.3 Å². The van der Waals surface area contributed by atoms with Crippen LogP contribution in [0, 0.1) is 18.6 Å². The minimum atomic E-state index is -0.602. The lowest BCUT2D eigenvalue weighted by Crippen LogP contribution is -2.32. The van der Waals surface area contributed by atoms with Gasteiger partial charge in [-0.15, -0.1) is 0 Å². The predicted molar refractivity (Wildman–Crippen MR) is 79.0 cm³/mol. The van der Waals surface area contributed by atoms with Crippen LogP contribution < -0.4 is 5.32 Å². The summed E-state index contributed by atoms with van der Waals surface area (Å²) in [6.07, 6.45) is 3.32. The van der Waals surface area contributed by atoms with Crippen molar-refractivity contribution < 1.29 is 18.3 Å². The summed E-state index contributed by atoms with van der Waals surface area (Å²) in [4.78, 5) is 11.4. The second-order valence-corrected chi connectivity index (χ2v) is 5.74. The fourth-order valence-corrected chi connectivity index (χ4v) is 1.59. The number of rotatable bonds is 4. The summed E-state index contributed by atoms with van der Waals surface area (Å²) in [5.74, 6) is -1.16. The Hall–Kier alpha value is -1.91. The number of nitrogens with one attached hydrogen (secondary N) is 1. The molecule has 0 bridgehead atoms. The summed E-state index contributed by atoms with van der Waals surface area (Å²) in [5, 5.41) is 2.59. The molecule has 1 aromatic rings. The molecular formula is C16H21F2NO2. The fourth-order valence-electron chi connectivity index (χ4n) is 1.59. The number of hydrogen-bond acceptors (Lipinski definition) is 2. The Kier molecular flexibility index (Phi) is 5.88. The van der Waals surface area contributed by atoms with Gasteiger partial charge in [0.2, 0.25) is 0 Å². The Morgan fingerprint density at radius 3 is 2.57 bits per heavy atom. The molecule has 0 fully saturated rings. The first-order valence-electron chi connectivity index (χ1n) is 6.78. The molecule has 0 aliphatic carbocycles. The van der Waals surface area contributed by atoms with Gasteiger partial charge in [0.25, 0.3) is 0 Å². The minimum absolute atomic E-state index is 0.325. The largest absolute Gasteiger partial charge is 0.444 e. The molecule has 0 aliphatic heterocycles. The number of alkyl carbamates (subject to hydrolysis) is 1. The van der Waals surface area contributed by atoms with E-state index >= 15 is 0 Å². The molecule has 116 valence electrons. The number of hydrogen-bond donors (Lipinski definition) is 1. The van der Waals surface area contributed by atoms with Crippen molar-refractivity contribution >= 4 is 12.2 Å². The summed E-state index contributed by atoms with van der Waals surface area (Å²) in [7, 11) is 0. The van der Waals surface area contributed by atoms with Crippen LogP contribution in [0.25, 0.3) is 6.08 Å². The first-order valence-corrected chi connectivity index (χ1v) is 6.78. The quantitative estimate of drug-likeness (QED) is 0.846. The summed E-state index contributed by atoms with van der Waals surface area (Å²) >= 11 is 0. The van der Waals surface area contributed by atoms with E-state index in [0.717, 1.165) is 6.07 Å². The maximum Gasteiger partial charge on any atom is 0.407 e. The third kappa shape index (κ3) is 6.38. The second kappa shape index (κ2) is 7.20. The normalized spacial score (nSPS) is 11.7. The first kappa shape index (κ1) is 17.1. The fraction of sp³-hybridized carbons (Fsp3) is 0.438. The summed E-state index contributed by atoms with van der Waals surface area (Å²) < 4.78 is 31.6. The molecule has 0 saturated carbocycles. The van der Waals surface area contributed by atoms with Crippen molar-refractivity contribution in [3.63, 3.8) is 0 Å². The van der Waals surface area contributed by atoms with E-state index in [-0.39, 0.29) is 0 Å². The number of benzene rings is 1. The van der Waals surface area contributed by atoms with Gasteiger partial charge in [-0.1, -0.05) is 12.2 Å². The van der Waals surface area contributed by atoms with Gasteiger partial charge < -0.3 is 10.1 Å². The molecule has 0 unspecified atom stereocenters. The highest BCUT2D eigenvalue weighted by molar-refractivity contribution is 5.67. The number of amides is 1. The van der Waals surface area contributed by atoms with Crippen LogP contribution in [0.2, 0.25) is 0 Å². The minimum Gasteiger partial charge on any atom is -0.444 e. The van der Waals surface area contributed by atoms with Crippen molar-refractivity contribution in [1.29, 1.82) is 0 Å². The van der Waals surface area contributed by atoms with E-state index in [1.54, 1.807) is 39.8 Å².